The minimum atomic E-state index is -0.617. The summed E-state index contributed by atoms with van der Waals surface area (Å²) in [6.45, 7) is 9.64. The van der Waals surface area contributed by atoms with Crippen molar-refractivity contribution in [3.8, 4) is 0 Å². The second-order valence-electron chi connectivity index (χ2n) is 4.66. The summed E-state index contributed by atoms with van der Waals surface area (Å²) in [5.41, 5.74) is 10.6. The largest absolute Gasteiger partial charge is 0.377 e. The quantitative estimate of drug-likeness (QED) is 0.448. The Hall–Kier alpha value is -0.200. The van der Waals surface area contributed by atoms with Crippen LogP contribution in [0.2, 0.25) is 0 Å². The minimum absolute atomic E-state index is 0.0200. The van der Waals surface area contributed by atoms with Crippen LogP contribution in [0.4, 0.5) is 0 Å². The van der Waals surface area contributed by atoms with Gasteiger partial charge in [-0.05, 0) is 27.7 Å². The first-order valence-corrected chi connectivity index (χ1v) is 5.69. The molecule has 0 radical (unpaired) electrons. The molecule has 0 fully saturated rings. The molecule has 0 aromatic heterocycles. The molecular weight excluding hydrogens is 208 g/mol. The third-order valence-corrected chi connectivity index (χ3v) is 1.61. The first-order chi connectivity index (χ1) is 7.31. The van der Waals surface area contributed by atoms with Gasteiger partial charge in [0.25, 0.3) is 0 Å². The molecule has 0 bridgehead atoms. The van der Waals surface area contributed by atoms with Crippen LogP contribution in [-0.2, 0) is 14.2 Å². The maximum Gasteiger partial charge on any atom is 0.111 e. The van der Waals surface area contributed by atoms with Gasteiger partial charge in [-0.25, -0.2) is 0 Å². The monoisotopic (exact) mass is 234 g/mol. The average Bonchev–Trinajstić information content (AvgIpc) is 2.07. The van der Waals surface area contributed by atoms with Crippen LogP contribution >= 0.6 is 0 Å². The van der Waals surface area contributed by atoms with Crippen LogP contribution < -0.4 is 11.5 Å². The molecule has 0 spiro atoms. The van der Waals surface area contributed by atoms with Crippen LogP contribution in [0.25, 0.3) is 0 Å². The molecule has 0 saturated carbocycles. The number of rotatable bonds is 9. The van der Waals surface area contributed by atoms with E-state index in [1.54, 1.807) is 0 Å². The van der Waals surface area contributed by atoms with Gasteiger partial charge in [0.05, 0.1) is 32.5 Å². The van der Waals surface area contributed by atoms with Gasteiger partial charge in [0.1, 0.15) is 5.72 Å². The zero-order chi connectivity index (χ0) is 12.6. The van der Waals surface area contributed by atoms with E-state index in [0.717, 1.165) is 0 Å². The van der Waals surface area contributed by atoms with Crippen molar-refractivity contribution in [2.75, 3.05) is 26.4 Å². The fourth-order valence-electron chi connectivity index (χ4n) is 1.19. The van der Waals surface area contributed by atoms with Crippen LogP contribution in [0, 0.1) is 0 Å². The topological polar surface area (TPSA) is 79.7 Å². The standard InChI is InChI=1S/C11H26N2O3/c1-9(12)7-14-5-6-15-8-10(2)16-11(3,4)13/h9-10H,5-8,12-13H2,1-4H3. The number of hydrogen-bond acceptors (Lipinski definition) is 5. The molecule has 0 saturated heterocycles. The Balaban J connectivity index is 3.31. The van der Waals surface area contributed by atoms with E-state index in [1.165, 1.54) is 0 Å². The van der Waals surface area contributed by atoms with Gasteiger partial charge < -0.3 is 25.7 Å². The van der Waals surface area contributed by atoms with E-state index >= 15 is 0 Å². The van der Waals surface area contributed by atoms with Crippen molar-refractivity contribution in [1.82, 2.24) is 0 Å². The molecule has 5 heteroatoms. The maximum absolute atomic E-state index is 5.71. The van der Waals surface area contributed by atoms with Crippen LogP contribution in [0.3, 0.4) is 0 Å². The van der Waals surface area contributed by atoms with Crippen LogP contribution in [-0.4, -0.2) is 44.3 Å². The van der Waals surface area contributed by atoms with Crippen molar-refractivity contribution in [3.05, 3.63) is 0 Å². The summed E-state index contributed by atoms with van der Waals surface area (Å²) in [4.78, 5) is 0. The van der Waals surface area contributed by atoms with Crippen molar-refractivity contribution in [1.29, 1.82) is 0 Å². The van der Waals surface area contributed by atoms with Crippen LogP contribution in [0.1, 0.15) is 27.7 Å². The Morgan fingerprint density at radius 2 is 1.56 bits per heavy atom. The minimum Gasteiger partial charge on any atom is -0.377 e. The normalized spacial score (nSPS) is 16.1. The highest BCUT2D eigenvalue weighted by Crippen LogP contribution is 2.04. The smallest absolute Gasteiger partial charge is 0.111 e. The molecule has 16 heavy (non-hydrogen) atoms. The van der Waals surface area contributed by atoms with E-state index < -0.39 is 5.72 Å². The van der Waals surface area contributed by atoms with Crippen molar-refractivity contribution in [2.24, 2.45) is 11.5 Å². The highest BCUT2D eigenvalue weighted by atomic mass is 16.6. The van der Waals surface area contributed by atoms with E-state index in [2.05, 4.69) is 0 Å². The van der Waals surface area contributed by atoms with E-state index in [0.29, 0.717) is 26.4 Å². The van der Waals surface area contributed by atoms with Crippen molar-refractivity contribution >= 4 is 0 Å². The van der Waals surface area contributed by atoms with Gasteiger partial charge in [0.2, 0.25) is 0 Å². The number of hydrogen-bond donors (Lipinski definition) is 2. The number of nitrogens with two attached hydrogens (primary N) is 2. The lowest BCUT2D eigenvalue weighted by Crippen LogP contribution is -2.39. The molecule has 0 aliphatic heterocycles. The molecule has 0 aromatic rings. The summed E-state index contributed by atoms with van der Waals surface area (Å²) in [5, 5.41) is 0. The molecule has 2 unspecified atom stereocenters. The van der Waals surface area contributed by atoms with Gasteiger partial charge in [0.15, 0.2) is 0 Å². The fourth-order valence-corrected chi connectivity index (χ4v) is 1.19. The van der Waals surface area contributed by atoms with Crippen LogP contribution in [0.5, 0.6) is 0 Å². The van der Waals surface area contributed by atoms with Crippen molar-refractivity contribution in [2.45, 2.75) is 45.6 Å². The lowest BCUT2D eigenvalue weighted by Gasteiger charge is -2.24. The zero-order valence-corrected chi connectivity index (χ0v) is 10.9. The Bertz CT molecular complexity index is 169. The molecule has 0 rings (SSSR count). The third-order valence-electron chi connectivity index (χ3n) is 1.61. The molecule has 0 aliphatic rings. The van der Waals surface area contributed by atoms with E-state index in [4.69, 9.17) is 25.7 Å². The molecular formula is C11H26N2O3. The van der Waals surface area contributed by atoms with E-state index in [1.807, 2.05) is 27.7 Å². The Morgan fingerprint density at radius 3 is 2.00 bits per heavy atom. The fraction of sp³-hybridized carbons (Fsp3) is 1.00. The highest BCUT2D eigenvalue weighted by molar-refractivity contribution is 4.60. The molecule has 0 aliphatic carbocycles. The summed E-state index contributed by atoms with van der Waals surface area (Å²) in [5.74, 6) is 0. The van der Waals surface area contributed by atoms with Gasteiger partial charge in [0, 0.05) is 6.04 Å². The maximum atomic E-state index is 5.71. The average molecular weight is 234 g/mol. The predicted molar refractivity (Wildman–Crippen MR) is 64.1 cm³/mol. The second-order valence-corrected chi connectivity index (χ2v) is 4.66. The van der Waals surface area contributed by atoms with Gasteiger partial charge in [-0.2, -0.15) is 0 Å². The molecule has 98 valence electrons. The first-order valence-electron chi connectivity index (χ1n) is 5.69. The Kier molecular flexibility index (Phi) is 7.87. The van der Waals surface area contributed by atoms with Crippen molar-refractivity contribution in [3.63, 3.8) is 0 Å². The summed E-state index contributed by atoms with van der Waals surface area (Å²) >= 11 is 0. The van der Waals surface area contributed by atoms with E-state index in [-0.39, 0.29) is 12.1 Å². The molecule has 2 atom stereocenters. The lowest BCUT2D eigenvalue weighted by atomic mass is 10.3. The van der Waals surface area contributed by atoms with E-state index in [9.17, 15) is 0 Å². The van der Waals surface area contributed by atoms with Gasteiger partial charge >= 0.3 is 0 Å². The SMILES string of the molecule is CC(N)COCCOCC(C)OC(C)(C)N. The summed E-state index contributed by atoms with van der Waals surface area (Å²) < 4.78 is 16.1. The third kappa shape index (κ3) is 11.9. The summed E-state index contributed by atoms with van der Waals surface area (Å²) in [6, 6.07) is 0.0697. The Labute approximate surface area is 98.4 Å². The number of ether oxygens (including phenoxy) is 3. The molecule has 0 amide bonds. The van der Waals surface area contributed by atoms with Crippen LogP contribution in [0.15, 0.2) is 0 Å². The second kappa shape index (κ2) is 7.97. The van der Waals surface area contributed by atoms with Gasteiger partial charge in [-0.3, -0.25) is 0 Å². The molecule has 4 N–H and O–H groups in total. The zero-order valence-electron chi connectivity index (χ0n) is 10.9. The molecule has 5 nitrogen and oxygen atoms in total. The predicted octanol–water partition coefficient (Wildman–Crippen LogP) is 0.467. The molecule has 0 aromatic carbocycles. The van der Waals surface area contributed by atoms with Gasteiger partial charge in [-0.15, -0.1) is 0 Å². The lowest BCUT2D eigenvalue weighted by molar-refractivity contribution is -0.0943. The van der Waals surface area contributed by atoms with Gasteiger partial charge in [-0.1, -0.05) is 0 Å². The first kappa shape index (κ1) is 15.8. The molecule has 0 heterocycles. The summed E-state index contributed by atoms with van der Waals surface area (Å²) in [6.07, 6.45) is -0.0200. The Morgan fingerprint density at radius 1 is 1.06 bits per heavy atom. The summed E-state index contributed by atoms with van der Waals surface area (Å²) in [7, 11) is 0. The van der Waals surface area contributed by atoms with Crippen molar-refractivity contribution < 1.29 is 14.2 Å². The highest BCUT2D eigenvalue weighted by Gasteiger charge is 2.15.